The van der Waals surface area contributed by atoms with Gasteiger partial charge in [0.1, 0.15) is 23.8 Å². The van der Waals surface area contributed by atoms with Gasteiger partial charge < -0.3 is 14.9 Å². The number of thioether (sulfide) groups is 1. The summed E-state index contributed by atoms with van der Waals surface area (Å²) in [6.07, 6.45) is 6.51. The van der Waals surface area contributed by atoms with E-state index < -0.39 is 0 Å². The highest BCUT2D eigenvalue weighted by atomic mass is 32.2. The van der Waals surface area contributed by atoms with E-state index in [1.807, 2.05) is 24.5 Å². The molecule has 0 aliphatic carbocycles. The van der Waals surface area contributed by atoms with Gasteiger partial charge in [0.15, 0.2) is 0 Å². The lowest BCUT2D eigenvalue weighted by molar-refractivity contribution is -0.122. The number of rotatable bonds is 4. The molecule has 0 saturated carbocycles. The molecule has 1 saturated heterocycles. The number of benzene rings is 1. The van der Waals surface area contributed by atoms with E-state index in [2.05, 4.69) is 52.5 Å². The number of piperidine rings is 1. The molecule has 2 aromatic rings. The molecular weight excluding hydrogens is 441 g/mol. The highest BCUT2D eigenvalue weighted by Gasteiger charge is 2.30. The number of carbonyl (C=O) groups is 1. The Morgan fingerprint density at radius 2 is 1.88 bits per heavy atom. The molecule has 0 atom stereocenters. The Balaban J connectivity index is 0.000000968. The van der Waals surface area contributed by atoms with Crippen LogP contribution in [0.15, 0.2) is 29.4 Å². The molecule has 2 aliphatic rings. The van der Waals surface area contributed by atoms with E-state index in [1.54, 1.807) is 6.33 Å². The molecule has 0 unspecified atom stereocenters. The van der Waals surface area contributed by atoms with Gasteiger partial charge in [-0.05, 0) is 58.4 Å². The predicted octanol–water partition coefficient (Wildman–Crippen LogP) is 4.43. The fourth-order valence-electron chi connectivity index (χ4n) is 4.61. The van der Waals surface area contributed by atoms with E-state index in [0.29, 0.717) is 17.4 Å². The number of hydrogen-bond donors (Lipinski definition) is 1. The quantitative estimate of drug-likeness (QED) is 0.514. The summed E-state index contributed by atoms with van der Waals surface area (Å²) in [7, 11) is 2.13. The third-order valence-electron chi connectivity index (χ3n) is 6.52. The third-order valence-corrected chi connectivity index (χ3v) is 7.27. The maximum atomic E-state index is 14.7. The standard InChI is InChI=1S/C23H32FN5S.CH2O2/c1-23(2,3)28-11-8-16(9-12-28)27(4)20-14-21(26-15-25-20)29-13-10-17-18(29)6-7-19(30-5)22(17)24;2-1-3/h6-7,14-16H,8-13H2,1-5H3;1H,(H,2,3). The molecule has 3 heterocycles. The van der Waals surface area contributed by atoms with Crippen LogP contribution in [0.2, 0.25) is 0 Å². The molecule has 1 aromatic carbocycles. The number of anilines is 3. The van der Waals surface area contributed by atoms with Crippen LogP contribution in [0.25, 0.3) is 0 Å². The minimum atomic E-state index is -0.250. The van der Waals surface area contributed by atoms with Crippen LogP contribution in [0.5, 0.6) is 0 Å². The van der Waals surface area contributed by atoms with Crippen molar-refractivity contribution in [2.75, 3.05) is 42.7 Å². The Kier molecular flexibility index (Phi) is 8.18. The number of nitrogens with zero attached hydrogens (tertiary/aromatic N) is 5. The van der Waals surface area contributed by atoms with Crippen LogP contribution in [0, 0.1) is 5.82 Å². The fraction of sp³-hybridized carbons (Fsp3) is 0.542. The molecule has 33 heavy (non-hydrogen) atoms. The van der Waals surface area contributed by atoms with Crippen LogP contribution >= 0.6 is 11.8 Å². The van der Waals surface area contributed by atoms with Crippen molar-refractivity contribution >= 4 is 35.6 Å². The van der Waals surface area contributed by atoms with Crippen molar-refractivity contribution in [3.63, 3.8) is 0 Å². The van der Waals surface area contributed by atoms with Gasteiger partial charge >= 0.3 is 0 Å². The van der Waals surface area contributed by atoms with Crippen LogP contribution in [-0.2, 0) is 11.2 Å². The first kappa shape index (κ1) is 25.2. The van der Waals surface area contributed by atoms with Gasteiger partial charge in [-0.25, -0.2) is 14.4 Å². The molecule has 9 heteroatoms. The van der Waals surface area contributed by atoms with E-state index in [-0.39, 0.29) is 17.8 Å². The Hall–Kier alpha value is -2.39. The molecular formula is C24H34FN5O2S. The van der Waals surface area contributed by atoms with Gasteiger partial charge in [0.2, 0.25) is 0 Å². The number of carboxylic acid groups (broad SMARTS) is 1. The Bertz CT molecular complexity index is 960. The summed E-state index contributed by atoms with van der Waals surface area (Å²) < 4.78 is 14.7. The summed E-state index contributed by atoms with van der Waals surface area (Å²) in [6, 6.07) is 6.41. The lowest BCUT2D eigenvalue weighted by Gasteiger charge is -2.43. The van der Waals surface area contributed by atoms with Crippen molar-refractivity contribution in [2.45, 2.75) is 56.5 Å². The maximum Gasteiger partial charge on any atom is 0.290 e. The van der Waals surface area contributed by atoms with E-state index >= 15 is 0 Å². The molecule has 1 N–H and O–H groups in total. The lowest BCUT2D eigenvalue weighted by Crippen LogP contribution is -2.50. The highest BCUT2D eigenvalue weighted by Crippen LogP contribution is 2.38. The predicted molar refractivity (Wildman–Crippen MR) is 132 cm³/mol. The number of fused-ring (bicyclic) bond motifs is 1. The number of aromatic nitrogens is 2. The Morgan fingerprint density at radius 3 is 2.48 bits per heavy atom. The second-order valence-electron chi connectivity index (χ2n) is 9.32. The van der Waals surface area contributed by atoms with Crippen molar-refractivity contribution in [2.24, 2.45) is 0 Å². The van der Waals surface area contributed by atoms with Crippen molar-refractivity contribution < 1.29 is 14.3 Å². The average Bonchev–Trinajstić information content (AvgIpc) is 3.24. The molecule has 7 nitrogen and oxygen atoms in total. The SMILES string of the molecule is CSc1ccc2c(c1F)CCN2c1cc(N(C)C2CCN(C(C)(C)C)CC2)ncn1.O=CO. The van der Waals surface area contributed by atoms with E-state index in [0.717, 1.165) is 55.4 Å². The van der Waals surface area contributed by atoms with Gasteiger partial charge in [0, 0.05) is 60.5 Å². The van der Waals surface area contributed by atoms with E-state index in [4.69, 9.17) is 9.90 Å². The van der Waals surface area contributed by atoms with Gasteiger partial charge in [-0.3, -0.25) is 9.69 Å². The molecule has 0 amide bonds. The van der Waals surface area contributed by atoms with Gasteiger partial charge in [0.05, 0.1) is 0 Å². The summed E-state index contributed by atoms with van der Waals surface area (Å²) in [5, 5.41) is 6.89. The molecule has 4 rings (SSSR count). The second-order valence-corrected chi connectivity index (χ2v) is 10.2. The topological polar surface area (TPSA) is 72.8 Å². The molecule has 1 fully saturated rings. The Morgan fingerprint density at radius 1 is 1.21 bits per heavy atom. The smallest absolute Gasteiger partial charge is 0.290 e. The summed E-state index contributed by atoms with van der Waals surface area (Å²) in [5.74, 6) is 1.69. The van der Waals surface area contributed by atoms with Crippen LogP contribution in [0.3, 0.4) is 0 Å². The van der Waals surface area contributed by atoms with E-state index in [9.17, 15) is 4.39 Å². The normalized spacial score (nSPS) is 16.7. The number of hydrogen-bond acceptors (Lipinski definition) is 7. The zero-order valence-electron chi connectivity index (χ0n) is 20.1. The van der Waals surface area contributed by atoms with E-state index in [1.165, 1.54) is 11.8 Å². The fourth-order valence-corrected chi connectivity index (χ4v) is 5.12. The second kappa shape index (κ2) is 10.7. The molecule has 0 bridgehead atoms. The molecule has 180 valence electrons. The van der Waals surface area contributed by atoms with Crippen molar-refractivity contribution in [1.82, 2.24) is 14.9 Å². The third kappa shape index (κ3) is 5.58. The van der Waals surface area contributed by atoms with Crippen molar-refractivity contribution in [3.05, 3.63) is 35.9 Å². The molecule has 1 aromatic heterocycles. The first-order valence-corrected chi connectivity index (χ1v) is 12.4. The monoisotopic (exact) mass is 475 g/mol. The largest absolute Gasteiger partial charge is 0.483 e. The lowest BCUT2D eigenvalue weighted by atomic mass is 9.97. The van der Waals surface area contributed by atoms with Crippen LogP contribution in [-0.4, -0.2) is 71.0 Å². The average molecular weight is 476 g/mol. The van der Waals surface area contributed by atoms with Crippen molar-refractivity contribution in [3.8, 4) is 0 Å². The van der Waals surface area contributed by atoms with Gasteiger partial charge in [-0.2, -0.15) is 0 Å². The minimum Gasteiger partial charge on any atom is -0.483 e. The maximum absolute atomic E-state index is 14.7. The first-order chi connectivity index (χ1) is 15.7. The van der Waals surface area contributed by atoms with Crippen LogP contribution < -0.4 is 9.80 Å². The highest BCUT2D eigenvalue weighted by molar-refractivity contribution is 7.98. The molecule has 2 aliphatic heterocycles. The zero-order valence-corrected chi connectivity index (χ0v) is 20.9. The number of likely N-dealkylation sites (tertiary alicyclic amines) is 1. The first-order valence-electron chi connectivity index (χ1n) is 11.2. The summed E-state index contributed by atoms with van der Waals surface area (Å²) in [5.41, 5.74) is 1.95. The summed E-state index contributed by atoms with van der Waals surface area (Å²) in [4.78, 5) is 25.1. The van der Waals surface area contributed by atoms with Gasteiger partial charge in [0.25, 0.3) is 6.47 Å². The van der Waals surface area contributed by atoms with Crippen LogP contribution in [0.1, 0.15) is 39.2 Å². The van der Waals surface area contributed by atoms with Crippen LogP contribution in [0.4, 0.5) is 21.7 Å². The van der Waals surface area contributed by atoms with Crippen molar-refractivity contribution in [1.29, 1.82) is 0 Å². The van der Waals surface area contributed by atoms with Gasteiger partial charge in [-0.15, -0.1) is 11.8 Å². The summed E-state index contributed by atoms with van der Waals surface area (Å²) >= 11 is 1.45. The van der Waals surface area contributed by atoms with Gasteiger partial charge in [-0.1, -0.05) is 0 Å². The molecule has 0 spiro atoms. The summed E-state index contributed by atoms with van der Waals surface area (Å²) in [6.45, 7) is 9.56. The minimum absolute atomic E-state index is 0.0838. The zero-order chi connectivity index (χ0) is 24.2. The molecule has 0 radical (unpaired) electrons. The number of halogens is 1. The Labute approximate surface area is 200 Å².